The molecule has 0 aromatic heterocycles. The summed E-state index contributed by atoms with van der Waals surface area (Å²) in [5.74, 6) is -0.537. The molecule has 1 amide bonds. The first-order valence-electron chi connectivity index (χ1n) is 9.62. The van der Waals surface area contributed by atoms with Crippen LogP contribution in [0.25, 0.3) is 0 Å². The van der Waals surface area contributed by atoms with Crippen molar-refractivity contribution in [2.45, 2.75) is 61.8 Å². The van der Waals surface area contributed by atoms with Gasteiger partial charge in [-0.15, -0.1) is 11.8 Å². The number of fused-ring (bicyclic) bond motifs is 1. The molecule has 0 unspecified atom stereocenters. The second-order valence-electron chi connectivity index (χ2n) is 7.39. The van der Waals surface area contributed by atoms with Gasteiger partial charge in [-0.25, -0.2) is 0 Å². The Kier molecular flexibility index (Phi) is 6.43. The van der Waals surface area contributed by atoms with Crippen molar-refractivity contribution in [1.82, 2.24) is 4.90 Å². The van der Waals surface area contributed by atoms with Crippen LogP contribution in [-0.2, 0) is 27.2 Å². The predicted octanol–water partition coefficient (Wildman–Crippen LogP) is 3.50. The van der Waals surface area contributed by atoms with Crippen LogP contribution in [0.15, 0.2) is 23.1 Å². The van der Waals surface area contributed by atoms with E-state index in [9.17, 15) is 14.9 Å². The second-order valence-corrected chi connectivity index (χ2v) is 8.44. The Balaban J connectivity index is 1.45. The second kappa shape index (κ2) is 8.79. The average molecular weight is 387 g/mol. The number of nitriles is 1. The summed E-state index contributed by atoms with van der Waals surface area (Å²) in [4.78, 5) is 27.0. The van der Waals surface area contributed by atoms with E-state index in [0.29, 0.717) is 12.8 Å². The molecule has 2 aliphatic rings. The largest absolute Gasteiger partial charge is 0.455 e. The monoisotopic (exact) mass is 386 g/mol. The van der Waals surface area contributed by atoms with Crippen molar-refractivity contribution in [2.24, 2.45) is 0 Å². The highest BCUT2D eigenvalue weighted by Crippen LogP contribution is 2.32. The first kappa shape index (κ1) is 19.8. The van der Waals surface area contributed by atoms with Gasteiger partial charge in [0.2, 0.25) is 0 Å². The van der Waals surface area contributed by atoms with Crippen LogP contribution in [0.5, 0.6) is 0 Å². The molecule has 1 aromatic carbocycles. The quantitative estimate of drug-likeness (QED) is 0.553. The number of likely N-dealkylation sites (N-methyl/N-ethyl adjacent to an activating group) is 1. The number of thioether (sulfide) groups is 1. The SMILES string of the molecule is CN(C(=O)COC(=O)CSc1ccc2c(c1)CCC2)C1(C#N)CCCCC1. The van der Waals surface area contributed by atoms with Crippen LogP contribution in [0.4, 0.5) is 0 Å². The highest BCUT2D eigenvalue weighted by atomic mass is 32.2. The Bertz CT molecular complexity index is 750. The summed E-state index contributed by atoms with van der Waals surface area (Å²) in [6, 6.07) is 8.65. The number of rotatable bonds is 6. The van der Waals surface area contributed by atoms with Crippen molar-refractivity contribution in [3.05, 3.63) is 29.3 Å². The minimum absolute atomic E-state index is 0.180. The molecule has 2 aliphatic carbocycles. The van der Waals surface area contributed by atoms with E-state index in [2.05, 4.69) is 18.2 Å². The maximum absolute atomic E-state index is 12.4. The molecule has 144 valence electrons. The van der Waals surface area contributed by atoms with Gasteiger partial charge in [0.25, 0.3) is 5.91 Å². The first-order valence-corrected chi connectivity index (χ1v) is 10.6. The lowest BCUT2D eigenvalue weighted by molar-refractivity contribution is -0.151. The number of hydrogen-bond donors (Lipinski definition) is 0. The molecule has 1 saturated carbocycles. The average Bonchev–Trinajstić information content (AvgIpc) is 3.18. The lowest BCUT2D eigenvalue weighted by Crippen LogP contribution is -2.51. The van der Waals surface area contributed by atoms with E-state index in [0.717, 1.165) is 37.0 Å². The molecule has 5 nitrogen and oxygen atoms in total. The van der Waals surface area contributed by atoms with Gasteiger partial charge in [0.05, 0.1) is 11.8 Å². The molecular formula is C21H26N2O3S. The number of aryl methyl sites for hydroxylation is 2. The van der Waals surface area contributed by atoms with Gasteiger partial charge in [-0.05, 0) is 55.4 Å². The number of carbonyl (C=O) groups is 2. The van der Waals surface area contributed by atoms with Gasteiger partial charge in [0.15, 0.2) is 6.61 Å². The normalized spacial score (nSPS) is 17.6. The molecule has 0 bridgehead atoms. The Hall–Kier alpha value is -2.00. The maximum Gasteiger partial charge on any atom is 0.316 e. The number of carbonyl (C=O) groups excluding carboxylic acids is 2. The summed E-state index contributed by atoms with van der Waals surface area (Å²) in [6.45, 7) is -0.302. The molecule has 0 heterocycles. The number of benzene rings is 1. The molecule has 1 fully saturated rings. The van der Waals surface area contributed by atoms with Crippen molar-refractivity contribution in [1.29, 1.82) is 5.26 Å². The minimum atomic E-state index is -0.749. The van der Waals surface area contributed by atoms with Gasteiger partial charge in [-0.1, -0.05) is 25.3 Å². The van der Waals surface area contributed by atoms with E-state index in [1.54, 1.807) is 7.05 Å². The van der Waals surface area contributed by atoms with Crippen molar-refractivity contribution < 1.29 is 14.3 Å². The minimum Gasteiger partial charge on any atom is -0.455 e. The van der Waals surface area contributed by atoms with Gasteiger partial charge >= 0.3 is 5.97 Å². The molecule has 0 radical (unpaired) electrons. The van der Waals surface area contributed by atoms with Crippen LogP contribution in [0.1, 0.15) is 49.7 Å². The molecule has 27 heavy (non-hydrogen) atoms. The third-order valence-corrected chi connectivity index (χ3v) is 6.66. The lowest BCUT2D eigenvalue weighted by atomic mass is 9.81. The molecule has 0 saturated heterocycles. The number of nitrogens with zero attached hydrogens (tertiary/aromatic N) is 2. The van der Waals surface area contributed by atoms with Gasteiger partial charge in [0.1, 0.15) is 5.54 Å². The van der Waals surface area contributed by atoms with Gasteiger partial charge < -0.3 is 9.64 Å². The molecule has 6 heteroatoms. The zero-order chi connectivity index (χ0) is 19.3. The fraction of sp³-hybridized carbons (Fsp3) is 0.571. The number of hydrogen-bond acceptors (Lipinski definition) is 5. The van der Waals surface area contributed by atoms with Gasteiger partial charge in [0, 0.05) is 11.9 Å². The number of amides is 1. The zero-order valence-electron chi connectivity index (χ0n) is 15.8. The molecule has 1 aromatic rings. The van der Waals surface area contributed by atoms with Crippen LogP contribution in [0.3, 0.4) is 0 Å². The van der Waals surface area contributed by atoms with Crippen molar-refractivity contribution in [2.75, 3.05) is 19.4 Å². The zero-order valence-corrected chi connectivity index (χ0v) is 16.6. The third kappa shape index (κ3) is 4.65. The van der Waals surface area contributed by atoms with Crippen molar-refractivity contribution >= 4 is 23.6 Å². The van der Waals surface area contributed by atoms with Crippen LogP contribution >= 0.6 is 11.8 Å². The molecule has 3 rings (SSSR count). The molecular weight excluding hydrogens is 360 g/mol. The van der Waals surface area contributed by atoms with Crippen molar-refractivity contribution in [3.63, 3.8) is 0 Å². The molecule has 0 N–H and O–H groups in total. The fourth-order valence-corrected chi connectivity index (χ4v) is 4.72. The Morgan fingerprint density at radius 2 is 1.93 bits per heavy atom. The van der Waals surface area contributed by atoms with Crippen molar-refractivity contribution in [3.8, 4) is 6.07 Å². The van der Waals surface area contributed by atoms with E-state index in [1.165, 1.54) is 34.2 Å². The highest BCUT2D eigenvalue weighted by molar-refractivity contribution is 8.00. The molecule has 0 aliphatic heterocycles. The lowest BCUT2D eigenvalue weighted by Gasteiger charge is -2.38. The summed E-state index contributed by atoms with van der Waals surface area (Å²) in [7, 11) is 1.64. The summed E-state index contributed by atoms with van der Waals surface area (Å²) in [6.07, 6.45) is 7.82. The van der Waals surface area contributed by atoms with Crippen LogP contribution in [-0.4, -0.2) is 41.7 Å². The van der Waals surface area contributed by atoms with Crippen LogP contribution < -0.4 is 0 Å². The Morgan fingerprint density at radius 3 is 2.67 bits per heavy atom. The summed E-state index contributed by atoms with van der Waals surface area (Å²) in [5, 5.41) is 9.56. The smallest absolute Gasteiger partial charge is 0.316 e. The summed E-state index contributed by atoms with van der Waals surface area (Å²) in [5.41, 5.74) is 2.03. The Morgan fingerprint density at radius 1 is 1.19 bits per heavy atom. The highest BCUT2D eigenvalue weighted by Gasteiger charge is 2.38. The maximum atomic E-state index is 12.4. The summed E-state index contributed by atoms with van der Waals surface area (Å²) >= 11 is 1.43. The van der Waals surface area contributed by atoms with Gasteiger partial charge in [-0.2, -0.15) is 5.26 Å². The standard InChI is InChI=1S/C21H26N2O3S/c1-23(21(15-22)10-3-2-4-11-21)19(24)13-26-20(25)14-27-18-9-8-16-6-5-7-17(16)12-18/h8-9,12H,2-7,10-11,13-14H2,1H3. The van der Waals surface area contributed by atoms with Gasteiger partial charge in [-0.3, -0.25) is 9.59 Å². The molecule has 0 atom stereocenters. The predicted molar refractivity (Wildman–Crippen MR) is 104 cm³/mol. The van der Waals surface area contributed by atoms with E-state index >= 15 is 0 Å². The number of esters is 1. The van der Waals surface area contributed by atoms with Crippen LogP contribution in [0, 0.1) is 11.3 Å². The van der Waals surface area contributed by atoms with E-state index in [4.69, 9.17) is 4.74 Å². The first-order chi connectivity index (χ1) is 13.0. The van der Waals surface area contributed by atoms with E-state index in [-0.39, 0.29) is 18.3 Å². The van der Waals surface area contributed by atoms with E-state index in [1.807, 2.05) is 6.07 Å². The Labute approximate surface area is 165 Å². The van der Waals surface area contributed by atoms with Crippen LogP contribution in [0.2, 0.25) is 0 Å². The summed E-state index contributed by atoms with van der Waals surface area (Å²) < 4.78 is 5.16. The fourth-order valence-electron chi connectivity index (χ4n) is 3.96. The third-order valence-electron chi connectivity index (χ3n) is 5.69. The van der Waals surface area contributed by atoms with E-state index < -0.39 is 11.5 Å². The molecule has 0 spiro atoms. The topological polar surface area (TPSA) is 70.4 Å². The number of ether oxygens (including phenoxy) is 1.